The maximum absolute atomic E-state index is 12.1. The first-order valence-corrected chi connectivity index (χ1v) is 7.81. The van der Waals surface area contributed by atoms with Crippen LogP contribution in [0.1, 0.15) is 15.4 Å². The Balaban J connectivity index is 1.64. The van der Waals surface area contributed by atoms with Gasteiger partial charge >= 0.3 is 5.97 Å². The van der Waals surface area contributed by atoms with E-state index < -0.39 is 18.5 Å². The lowest BCUT2D eigenvalue weighted by Crippen LogP contribution is -2.20. The van der Waals surface area contributed by atoms with E-state index >= 15 is 0 Å². The number of aryl methyl sites for hydroxylation is 1. The van der Waals surface area contributed by atoms with Gasteiger partial charge in [-0.3, -0.25) is 4.79 Å². The number of nitrogens with one attached hydrogen (secondary N) is 1. The van der Waals surface area contributed by atoms with Gasteiger partial charge in [0.15, 0.2) is 12.4 Å². The summed E-state index contributed by atoms with van der Waals surface area (Å²) in [5.41, 5.74) is 0. The summed E-state index contributed by atoms with van der Waals surface area (Å²) in [5.74, 6) is -0.315. The summed E-state index contributed by atoms with van der Waals surface area (Å²) >= 11 is 7.41. The van der Waals surface area contributed by atoms with E-state index in [2.05, 4.69) is 10.5 Å². The number of anilines is 1. The minimum Gasteiger partial charge on any atom is -0.451 e. The summed E-state index contributed by atoms with van der Waals surface area (Å²) in [5, 5.41) is 7.20. The largest absolute Gasteiger partial charge is 0.451 e. The van der Waals surface area contributed by atoms with Crippen molar-refractivity contribution in [2.24, 2.45) is 0 Å². The number of thiophene rings is 1. The van der Waals surface area contributed by atoms with E-state index in [9.17, 15) is 9.59 Å². The van der Waals surface area contributed by atoms with Crippen molar-refractivity contribution in [2.75, 3.05) is 11.9 Å². The van der Waals surface area contributed by atoms with Crippen LogP contribution < -0.4 is 5.32 Å². The van der Waals surface area contributed by atoms with Crippen molar-refractivity contribution in [3.05, 3.63) is 46.0 Å². The molecule has 1 N–H and O–H groups in total. The highest BCUT2D eigenvalue weighted by Gasteiger charge is 2.19. The van der Waals surface area contributed by atoms with Crippen LogP contribution in [0.25, 0.3) is 10.1 Å². The molecule has 0 aliphatic carbocycles. The molecule has 1 amide bonds. The Kier molecular flexibility index (Phi) is 4.31. The number of hydrogen-bond donors (Lipinski definition) is 1. The molecule has 2 aromatic heterocycles. The van der Waals surface area contributed by atoms with Gasteiger partial charge in [0.1, 0.15) is 10.6 Å². The predicted octanol–water partition coefficient (Wildman–Crippen LogP) is 3.65. The Bertz CT molecular complexity index is 887. The van der Waals surface area contributed by atoms with Crippen LogP contribution in [0.3, 0.4) is 0 Å². The highest BCUT2D eigenvalue weighted by Crippen LogP contribution is 2.35. The van der Waals surface area contributed by atoms with Gasteiger partial charge in [0, 0.05) is 16.2 Å². The Morgan fingerprint density at radius 3 is 2.87 bits per heavy atom. The third kappa shape index (κ3) is 3.35. The molecule has 0 fully saturated rings. The van der Waals surface area contributed by atoms with Gasteiger partial charge in [-0.05, 0) is 13.0 Å². The summed E-state index contributed by atoms with van der Waals surface area (Å²) in [6.07, 6.45) is 0. The molecule has 6 nitrogen and oxygen atoms in total. The Hall–Kier alpha value is -2.38. The number of rotatable bonds is 4. The molecule has 1 aromatic carbocycles. The summed E-state index contributed by atoms with van der Waals surface area (Å²) in [7, 11) is 0. The number of carbonyl (C=O) groups excluding carboxylic acids is 2. The molecule has 0 radical (unpaired) electrons. The highest BCUT2D eigenvalue weighted by atomic mass is 35.5. The van der Waals surface area contributed by atoms with E-state index in [1.54, 1.807) is 13.0 Å². The second kappa shape index (κ2) is 6.39. The SMILES string of the molecule is Cc1cc(NC(=O)COC(=O)c2sc3ccccc3c2Cl)no1. The third-order valence-electron chi connectivity index (χ3n) is 2.95. The van der Waals surface area contributed by atoms with Gasteiger partial charge < -0.3 is 14.6 Å². The normalized spacial score (nSPS) is 10.7. The van der Waals surface area contributed by atoms with Crippen molar-refractivity contribution in [3.8, 4) is 0 Å². The third-order valence-corrected chi connectivity index (χ3v) is 4.61. The number of halogens is 1. The van der Waals surface area contributed by atoms with E-state index in [1.165, 1.54) is 11.3 Å². The highest BCUT2D eigenvalue weighted by molar-refractivity contribution is 7.21. The fourth-order valence-corrected chi connectivity index (χ4v) is 3.35. The molecule has 0 aliphatic heterocycles. The lowest BCUT2D eigenvalue weighted by atomic mass is 10.2. The zero-order valence-corrected chi connectivity index (χ0v) is 13.5. The van der Waals surface area contributed by atoms with E-state index in [0.29, 0.717) is 10.8 Å². The Morgan fingerprint density at radius 1 is 1.39 bits per heavy atom. The van der Waals surface area contributed by atoms with Gasteiger partial charge in [0.05, 0.1) is 5.02 Å². The molecule has 0 saturated heterocycles. The van der Waals surface area contributed by atoms with Gasteiger partial charge in [0.2, 0.25) is 0 Å². The number of ether oxygens (including phenoxy) is 1. The first-order valence-electron chi connectivity index (χ1n) is 6.62. The van der Waals surface area contributed by atoms with Crippen LogP contribution in [0.5, 0.6) is 0 Å². The van der Waals surface area contributed by atoms with Crippen LogP contribution in [-0.4, -0.2) is 23.6 Å². The zero-order valence-electron chi connectivity index (χ0n) is 12.0. The number of nitrogens with zero attached hydrogens (tertiary/aromatic N) is 1. The van der Waals surface area contributed by atoms with Crippen molar-refractivity contribution in [1.82, 2.24) is 5.16 Å². The lowest BCUT2D eigenvalue weighted by molar-refractivity contribution is -0.119. The molecular weight excluding hydrogens is 340 g/mol. The molecule has 3 rings (SSSR count). The molecule has 0 atom stereocenters. The molecular formula is C15H11ClN2O4S. The minimum absolute atomic E-state index is 0.267. The van der Waals surface area contributed by atoms with Gasteiger partial charge in [-0.25, -0.2) is 4.79 Å². The summed E-state index contributed by atoms with van der Waals surface area (Å²) in [6.45, 7) is 1.27. The molecule has 2 heterocycles. The van der Waals surface area contributed by atoms with Crippen molar-refractivity contribution in [1.29, 1.82) is 0 Å². The fourth-order valence-electron chi connectivity index (χ4n) is 1.95. The average Bonchev–Trinajstić information content (AvgIpc) is 3.09. The van der Waals surface area contributed by atoms with E-state index in [0.717, 1.165) is 10.1 Å². The van der Waals surface area contributed by atoms with Crippen LogP contribution in [-0.2, 0) is 9.53 Å². The minimum atomic E-state index is -0.636. The standard InChI is InChI=1S/C15H11ClN2O4S/c1-8-6-11(18-22-8)17-12(19)7-21-15(20)14-13(16)9-4-2-3-5-10(9)23-14/h2-6H,7H2,1H3,(H,17,18,19). The number of carbonyl (C=O) groups is 2. The molecule has 0 aliphatic rings. The van der Waals surface area contributed by atoms with Gasteiger partial charge in [-0.1, -0.05) is 35.0 Å². The topological polar surface area (TPSA) is 81.4 Å². The molecule has 0 unspecified atom stereocenters. The molecule has 0 saturated carbocycles. The molecule has 23 heavy (non-hydrogen) atoms. The first kappa shape index (κ1) is 15.5. The number of esters is 1. The van der Waals surface area contributed by atoms with Gasteiger partial charge in [0.25, 0.3) is 5.91 Å². The average molecular weight is 351 g/mol. The van der Waals surface area contributed by atoms with Crippen molar-refractivity contribution in [2.45, 2.75) is 6.92 Å². The summed E-state index contributed by atoms with van der Waals surface area (Å²) < 4.78 is 10.7. The number of hydrogen-bond acceptors (Lipinski definition) is 6. The molecule has 0 bridgehead atoms. The number of fused-ring (bicyclic) bond motifs is 1. The number of amides is 1. The molecule has 3 aromatic rings. The molecule has 118 valence electrons. The first-order chi connectivity index (χ1) is 11.0. The maximum atomic E-state index is 12.1. The maximum Gasteiger partial charge on any atom is 0.350 e. The monoisotopic (exact) mass is 350 g/mol. The van der Waals surface area contributed by atoms with Crippen LogP contribution in [0.4, 0.5) is 5.82 Å². The number of benzene rings is 1. The molecule has 0 spiro atoms. The number of aromatic nitrogens is 1. The van der Waals surface area contributed by atoms with Crippen LogP contribution >= 0.6 is 22.9 Å². The lowest BCUT2D eigenvalue weighted by Gasteiger charge is -2.03. The van der Waals surface area contributed by atoms with Crippen molar-refractivity contribution < 1.29 is 18.8 Å². The Morgan fingerprint density at radius 2 is 2.17 bits per heavy atom. The van der Waals surface area contributed by atoms with Gasteiger partial charge in [-0.2, -0.15) is 0 Å². The van der Waals surface area contributed by atoms with E-state index in [-0.39, 0.29) is 10.7 Å². The Labute approximate surface area is 140 Å². The second-order valence-corrected chi connectivity index (χ2v) is 6.12. The predicted molar refractivity (Wildman–Crippen MR) is 87.0 cm³/mol. The van der Waals surface area contributed by atoms with E-state index in [4.69, 9.17) is 20.9 Å². The quantitative estimate of drug-likeness (QED) is 0.726. The fraction of sp³-hybridized carbons (Fsp3) is 0.133. The van der Waals surface area contributed by atoms with Crippen LogP contribution in [0.15, 0.2) is 34.9 Å². The van der Waals surface area contributed by atoms with Gasteiger partial charge in [-0.15, -0.1) is 11.3 Å². The van der Waals surface area contributed by atoms with E-state index in [1.807, 2.05) is 24.3 Å². The van der Waals surface area contributed by atoms with Crippen LogP contribution in [0.2, 0.25) is 5.02 Å². The van der Waals surface area contributed by atoms with Crippen molar-refractivity contribution in [3.63, 3.8) is 0 Å². The zero-order chi connectivity index (χ0) is 16.4. The summed E-state index contributed by atoms with van der Waals surface area (Å²) in [6, 6.07) is 8.94. The smallest absolute Gasteiger partial charge is 0.350 e. The van der Waals surface area contributed by atoms with Crippen LogP contribution in [0, 0.1) is 6.92 Å². The molecule has 8 heteroatoms. The van der Waals surface area contributed by atoms with Crippen molar-refractivity contribution >= 4 is 50.7 Å². The summed E-state index contributed by atoms with van der Waals surface area (Å²) in [4.78, 5) is 24.1. The second-order valence-electron chi connectivity index (χ2n) is 4.69.